The quantitative estimate of drug-likeness (QED) is 0.719. The van der Waals surface area contributed by atoms with Gasteiger partial charge in [0, 0.05) is 18.0 Å². The first-order chi connectivity index (χ1) is 6.70. The number of halogens is 1. The summed E-state index contributed by atoms with van der Waals surface area (Å²) < 4.78 is 1.67. The molecule has 0 radical (unpaired) electrons. The third kappa shape index (κ3) is 1.37. The van der Waals surface area contributed by atoms with Gasteiger partial charge in [-0.2, -0.15) is 5.10 Å². The second-order valence-corrected chi connectivity index (χ2v) is 3.37. The number of aromatic nitrogens is 4. The second kappa shape index (κ2) is 3.38. The van der Waals surface area contributed by atoms with Gasteiger partial charge in [0.2, 0.25) is 0 Å². The molecule has 0 spiro atoms. The standard InChI is InChI=1S/C9H9ClN4/c1-6-7(2)9(13-12-8(6)10)14-5-3-4-11-14/h3-5H,1-2H3. The summed E-state index contributed by atoms with van der Waals surface area (Å²) in [6.07, 6.45) is 3.52. The highest BCUT2D eigenvalue weighted by atomic mass is 35.5. The van der Waals surface area contributed by atoms with Gasteiger partial charge in [-0.1, -0.05) is 11.6 Å². The largest absolute Gasteiger partial charge is 0.221 e. The molecule has 2 aromatic heterocycles. The van der Waals surface area contributed by atoms with Crippen LogP contribution in [0.5, 0.6) is 0 Å². The van der Waals surface area contributed by atoms with Crippen LogP contribution >= 0.6 is 11.6 Å². The molecule has 0 aliphatic heterocycles. The zero-order chi connectivity index (χ0) is 10.1. The monoisotopic (exact) mass is 208 g/mol. The van der Waals surface area contributed by atoms with Gasteiger partial charge in [-0.15, -0.1) is 10.2 Å². The molecule has 0 fully saturated rings. The predicted molar refractivity (Wildman–Crippen MR) is 53.6 cm³/mol. The lowest BCUT2D eigenvalue weighted by atomic mass is 10.2. The van der Waals surface area contributed by atoms with Crippen LogP contribution in [0.3, 0.4) is 0 Å². The molecule has 0 aliphatic carbocycles. The van der Waals surface area contributed by atoms with E-state index in [-0.39, 0.29) is 0 Å². The minimum atomic E-state index is 0.443. The molecule has 0 saturated carbocycles. The van der Waals surface area contributed by atoms with E-state index < -0.39 is 0 Å². The molecular formula is C9H9ClN4. The van der Waals surface area contributed by atoms with Gasteiger partial charge < -0.3 is 0 Å². The minimum absolute atomic E-state index is 0.443. The highest BCUT2D eigenvalue weighted by Gasteiger charge is 2.09. The van der Waals surface area contributed by atoms with Crippen LogP contribution in [0.2, 0.25) is 5.15 Å². The molecule has 2 rings (SSSR count). The van der Waals surface area contributed by atoms with Crippen molar-refractivity contribution in [2.75, 3.05) is 0 Å². The number of nitrogens with zero attached hydrogens (tertiary/aromatic N) is 4. The molecular weight excluding hydrogens is 200 g/mol. The lowest BCUT2D eigenvalue weighted by Gasteiger charge is -2.06. The van der Waals surface area contributed by atoms with E-state index in [4.69, 9.17) is 11.6 Å². The van der Waals surface area contributed by atoms with Crippen LogP contribution in [0, 0.1) is 13.8 Å². The van der Waals surface area contributed by atoms with E-state index >= 15 is 0 Å². The van der Waals surface area contributed by atoms with Gasteiger partial charge in [0.05, 0.1) is 0 Å². The van der Waals surface area contributed by atoms with Crippen LogP contribution < -0.4 is 0 Å². The molecule has 2 heterocycles. The van der Waals surface area contributed by atoms with Crippen LogP contribution in [0.25, 0.3) is 5.82 Å². The predicted octanol–water partition coefficient (Wildman–Crippen LogP) is 1.93. The zero-order valence-electron chi connectivity index (χ0n) is 7.90. The lowest BCUT2D eigenvalue weighted by Crippen LogP contribution is -2.04. The van der Waals surface area contributed by atoms with Crippen molar-refractivity contribution in [3.63, 3.8) is 0 Å². The summed E-state index contributed by atoms with van der Waals surface area (Å²) in [5.74, 6) is 0.719. The summed E-state index contributed by atoms with van der Waals surface area (Å²) in [5.41, 5.74) is 1.93. The van der Waals surface area contributed by atoms with E-state index in [0.717, 1.165) is 16.9 Å². The van der Waals surface area contributed by atoms with E-state index in [1.54, 1.807) is 10.9 Å². The van der Waals surface area contributed by atoms with Crippen LogP contribution in [0.15, 0.2) is 18.5 Å². The Morgan fingerprint density at radius 1 is 1.21 bits per heavy atom. The summed E-state index contributed by atoms with van der Waals surface area (Å²) in [6, 6.07) is 1.84. The molecule has 0 bridgehead atoms. The molecule has 0 aliphatic rings. The van der Waals surface area contributed by atoms with Crippen molar-refractivity contribution < 1.29 is 0 Å². The molecule has 0 atom stereocenters. The van der Waals surface area contributed by atoms with Crippen LogP contribution in [-0.2, 0) is 0 Å². The summed E-state index contributed by atoms with van der Waals surface area (Å²) in [7, 11) is 0. The third-order valence-electron chi connectivity index (χ3n) is 2.16. The SMILES string of the molecule is Cc1c(Cl)nnc(-n2cccn2)c1C. The first-order valence-electron chi connectivity index (χ1n) is 4.19. The average Bonchev–Trinajstić information content (AvgIpc) is 2.67. The first kappa shape index (κ1) is 9.15. The van der Waals surface area contributed by atoms with Gasteiger partial charge >= 0.3 is 0 Å². The second-order valence-electron chi connectivity index (χ2n) is 3.02. The van der Waals surface area contributed by atoms with Crippen LogP contribution in [-0.4, -0.2) is 20.0 Å². The molecule has 4 nitrogen and oxygen atoms in total. The zero-order valence-corrected chi connectivity index (χ0v) is 8.65. The van der Waals surface area contributed by atoms with Crippen molar-refractivity contribution in [3.8, 4) is 5.82 Å². The van der Waals surface area contributed by atoms with Crippen molar-refractivity contribution in [2.45, 2.75) is 13.8 Å². The Bertz CT molecular complexity index is 450. The maximum atomic E-state index is 5.84. The molecule has 14 heavy (non-hydrogen) atoms. The highest BCUT2D eigenvalue weighted by molar-refractivity contribution is 6.30. The van der Waals surface area contributed by atoms with Crippen molar-refractivity contribution in [1.82, 2.24) is 20.0 Å². The molecule has 0 unspecified atom stereocenters. The van der Waals surface area contributed by atoms with Gasteiger partial charge in [0.1, 0.15) is 0 Å². The first-order valence-corrected chi connectivity index (χ1v) is 4.57. The van der Waals surface area contributed by atoms with Gasteiger partial charge in [0.25, 0.3) is 0 Å². The van der Waals surface area contributed by atoms with Crippen LogP contribution in [0.1, 0.15) is 11.1 Å². The summed E-state index contributed by atoms with van der Waals surface area (Å²) in [4.78, 5) is 0. The third-order valence-corrected chi connectivity index (χ3v) is 2.52. The molecule has 72 valence electrons. The van der Waals surface area contributed by atoms with E-state index in [0.29, 0.717) is 5.15 Å². The van der Waals surface area contributed by atoms with E-state index in [1.165, 1.54) is 0 Å². The van der Waals surface area contributed by atoms with Gasteiger partial charge in [-0.3, -0.25) is 0 Å². The molecule has 0 aromatic carbocycles. The van der Waals surface area contributed by atoms with Gasteiger partial charge in [-0.05, 0) is 25.5 Å². The summed E-state index contributed by atoms with van der Waals surface area (Å²) >= 11 is 5.84. The number of rotatable bonds is 1. The Balaban J connectivity index is 2.61. The molecule has 5 heteroatoms. The van der Waals surface area contributed by atoms with Crippen molar-refractivity contribution in [3.05, 3.63) is 34.7 Å². The Morgan fingerprint density at radius 3 is 2.64 bits per heavy atom. The summed E-state index contributed by atoms with van der Waals surface area (Å²) in [5, 5.41) is 12.4. The Kier molecular flexibility index (Phi) is 2.21. The molecule has 0 N–H and O–H groups in total. The smallest absolute Gasteiger partial charge is 0.178 e. The van der Waals surface area contributed by atoms with Crippen molar-refractivity contribution in [1.29, 1.82) is 0 Å². The lowest BCUT2D eigenvalue weighted by molar-refractivity contribution is 0.800. The van der Waals surface area contributed by atoms with Crippen molar-refractivity contribution >= 4 is 11.6 Å². The highest BCUT2D eigenvalue weighted by Crippen LogP contribution is 2.18. The van der Waals surface area contributed by atoms with Crippen LogP contribution in [0.4, 0.5) is 0 Å². The molecule has 0 amide bonds. The fourth-order valence-electron chi connectivity index (χ4n) is 1.18. The van der Waals surface area contributed by atoms with E-state index in [2.05, 4.69) is 15.3 Å². The fraction of sp³-hybridized carbons (Fsp3) is 0.222. The maximum Gasteiger partial charge on any atom is 0.178 e. The van der Waals surface area contributed by atoms with E-state index in [1.807, 2.05) is 26.1 Å². The summed E-state index contributed by atoms with van der Waals surface area (Å²) in [6.45, 7) is 3.87. The van der Waals surface area contributed by atoms with E-state index in [9.17, 15) is 0 Å². The van der Waals surface area contributed by atoms with Gasteiger partial charge in [-0.25, -0.2) is 4.68 Å². The Hall–Kier alpha value is -1.42. The molecule has 2 aromatic rings. The van der Waals surface area contributed by atoms with Crippen molar-refractivity contribution in [2.24, 2.45) is 0 Å². The molecule has 0 saturated heterocycles. The maximum absolute atomic E-state index is 5.84. The topological polar surface area (TPSA) is 43.6 Å². The normalized spacial score (nSPS) is 10.5. The van der Waals surface area contributed by atoms with Gasteiger partial charge in [0.15, 0.2) is 11.0 Å². The minimum Gasteiger partial charge on any atom is -0.221 e. The number of hydrogen-bond donors (Lipinski definition) is 0. The Morgan fingerprint density at radius 2 is 2.00 bits per heavy atom. The number of hydrogen-bond acceptors (Lipinski definition) is 3. The average molecular weight is 209 g/mol. The fourth-order valence-corrected chi connectivity index (χ4v) is 1.35. The Labute approximate surface area is 86.5 Å².